The molecule has 1 aromatic carbocycles. The molecule has 2 aromatic rings. The second kappa shape index (κ2) is 5.11. The standard InChI is InChI=1S/C13H16N4O2/c1-13(7-18,9-5-3-2-4-6-9)17-11-10(14)12(19)16-8-15-11/h2-6,8,18H,7,14H2,1H3,(H2,15,16,17,19). The molecule has 19 heavy (non-hydrogen) atoms. The van der Waals surface area contributed by atoms with Gasteiger partial charge in [-0.15, -0.1) is 0 Å². The SMILES string of the molecule is CC(CO)(Nc1nc[nH]c(=O)c1N)c1ccccc1. The quantitative estimate of drug-likeness (QED) is 0.647. The lowest BCUT2D eigenvalue weighted by atomic mass is 9.93. The summed E-state index contributed by atoms with van der Waals surface area (Å²) in [5, 5.41) is 12.7. The molecule has 0 fully saturated rings. The summed E-state index contributed by atoms with van der Waals surface area (Å²) in [6.07, 6.45) is 1.27. The summed E-state index contributed by atoms with van der Waals surface area (Å²) in [4.78, 5) is 17.8. The van der Waals surface area contributed by atoms with Crippen LogP contribution < -0.4 is 16.6 Å². The molecule has 0 aliphatic heterocycles. The molecule has 0 amide bonds. The van der Waals surface area contributed by atoms with Crippen molar-refractivity contribution < 1.29 is 5.11 Å². The minimum Gasteiger partial charge on any atom is -0.394 e. The lowest BCUT2D eigenvalue weighted by Crippen LogP contribution is -2.37. The van der Waals surface area contributed by atoms with Crippen LogP contribution in [0.3, 0.4) is 0 Å². The van der Waals surface area contributed by atoms with Gasteiger partial charge in [0.2, 0.25) is 0 Å². The molecule has 5 N–H and O–H groups in total. The van der Waals surface area contributed by atoms with Crippen molar-refractivity contribution in [1.29, 1.82) is 0 Å². The van der Waals surface area contributed by atoms with Crippen molar-refractivity contribution in [2.75, 3.05) is 17.7 Å². The highest BCUT2D eigenvalue weighted by Gasteiger charge is 2.27. The minimum absolute atomic E-state index is 0.00175. The molecule has 0 aliphatic rings. The fourth-order valence-corrected chi connectivity index (χ4v) is 1.78. The van der Waals surface area contributed by atoms with Crippen LogP contribution in [0.15, 0.2) is 41.5 Å². The number of nitrogens with two attached hydrogens (primary N) is 1. The summed E-state index contributed by atoms with van der Waals surface area (Å²) < 4.78 is 0. The van der Waals surface area contributed by atoms with E-state index in [9.17, 15) is 9.90 Å². The molecule has 0 bridgehead atoms. The number of nitrogen functional groups attached to an aromatic ring is 1. The van der Waals surface area contributed by atoms with Gasteiger partial charge in [0.05, 0.1) is 18.5 Å². The Morgan fingerprint density at radius 2 is 2.11 bits per heavy atom. The van der Waals surface area contributed by atoms with E-state index in [0.717, 1.165) is 5.56 Å². The highest BCUT2D eigenvalue weighted by molar-refractivity contribution is 5.60. The summed E-state index contributed by atoms with van der Waals surface area (Å²) in [6, 6.07) is 9.40. The Balaban J connectivity index is 2.39. The van der Waals surface area contributed by atoms with Gasteiger partial charge in [0.1, 0.15) is 5.69 Å². The van der Waals surface area contributed by atoms with E-state index in [4.69, 9.17) is 5.73 Å². The van der Waals surface area contributed by atoms with Gasteiger partial charge in [0.15, 0.2) is 5.82 Å². The molecule has 0 spiro atoms. The molecule has 1 atom stereocenters. The molecule has 2 rings (SSSR count). The first-order valence-electron chi connectivity index (χ1n) is 5.84. The smallest absolute Gasteiger partial charge is 0.276 e. The molecule has 1 unspecified atom stereocenters. The monoisotopic (exact) mass is 260 g/mol. The summed E-state index contributed by atoms with van der Waals surface area (Å²) in [6.45, 7) is 1.65. The molecular weight excluding hydrogens is 244 g/mol. The molecule has 0 radical (unpaired) electrons. The molecule has 0 saturated heterocycles. The number of benzene rings is 1. The van der Waals surface area contributed by atoms with Crippen molar-refractivity contribution >= 4 is 11.5 Å². The number of aliphatic hydroxyl groups excluding tert-OH is 1. The summed E-state index contributed by atoms with van der Waals surface area (Å²) in [7, 11) is 0. The van der Waals surface area contributed by atoms with E-state index in [1.807, 2.05) is 37.3 Å². The number of hydrogen-bond donors (Lipinski definition) is 4. The first-order chi connectivity index (χ1) is 9.07. The van der Waals surface area contributed by atoms with Gasteiger partial charge in [0.25, 0.3) is 5.56 Å². The number of rotatable bonds is 4. The van der Waals surface area contributed by atoms with Gasteiger partial charge in [-0.05, 0) is 12.5 Å². The molecular formula is C13H16N4O2. The van der Waals surface area contributed by atoms with Crippen LogP contribution in [0.4, 0.5) is 11.5 Å². The van der Waals surface area contributed by atoms with Crippen LogP contribution >= 0.6 is 0 Å². The summed E-state index contributed by atoms with van der Waals surface area (Å²) in [5.74, 6) is 0.254. The predicted octanol–water partition coefficient (Wildman–Crippen LogP) is 0.672. The summed E-state index contributed by atoms with van der Waals surface area (Å²) in [5.41, 5.74) is 5.37. The topological polar surface area (TPSA) is 104 Å². The van der Waals surface area contributed by atoms with Crippen LogP contribution in [0.2, 0.25) is 0 Å². The first kappa shape index (κ1) is 13.1. The van der Waals surface area contributed by atoms with E-state index in [0.29, 0.717) is 0 Å². The average Bonchev–Trinajstić information content (AvgIpc) is 2.45. The second-order valence-corrected chi connectivity index (χ2v) is 4.48. The fraction of sp³-hybridized carbons (Fsp3) is 0.231. The summed E-state index contributed by atoms with van der Waals surface area (Å²) >= 11 is 0. The van der Waals surface area contributed by atoms with Crippen LogP contribution in [-0.4, -0.2) is 21.7 Å². The highest BCUT2D eigenvalue weighted by atomic mass is 16.3. The van der Waals surface area contributed by atoms with E-state index in [1.54, 1.807) is 0 Å². The van der Waals surface area contributed by atoms with E-state index >= 15 is 0 Å². The Morgan fingerprint density at radius 3 is 2.74 bits per heavy atom. The van der Waals surface area contributed by atoms with Crippen LogP contribution in [0.1, 0.15) is 12.5 Å². The van der Waals surface area contributed by atoms with Crippen LogP contribution in [-0.2, 0) is 5.54 Å². The van der Waals surface area contributed by atoms with Gasteiger partial charge in [-0.1, -0.05) is 30.3 Å². The normalized spacial score (nSPS) is 13.8. The second-order valence-electron chi connectivity index (χ2n) is 4.48. The van der Waals surface area contributed by atoms with E-state index in [2.05, 4.69) is 15.3 Å². The molecule has 0 saturated carbocycles. The molecule has 100 valence electrons. The van der Waals surface area contributed by atoms with E-state index < -0.39 is 11.1 Å². The van der Waals surface area contributed by atoms with E-state index in [-0.39, 0.29) is 18.1 Å². The molecule has 0 aliphatic carbocycles. The Kier molecular flexibility index (Phi) is 3.52. The van der Waals surface area contributed by atoms with Crippen molar-refractivity contribution in [3.05, 3.63) is 52.6 Å². The Morgan fingerprint density at radius 1 is 1.42 bits per heavy atom. The zero-order chi connectivity index (χ0) is 13.9. The van der Waals surface area contributed by atoms with Crippen molar-refractivity contribution in [2.45, 2.75) is 12.5 Å². The van der Waals surface area contributed by atoms with E-state index in [1.165, 1.54) is 6.33 Å². The van der Waals surface area contributed by atoms with Crippen molar-refractivity contribution in [3.63, 3.8) is 0 Å². The van der Waals surface area contributed by atoms with Gasteiger partial charge in [-0.3, -0.25) is 4.79 Å². The molecule has 6 nitrogen and oxygen atoms in total. The minimum atomic E-state index is -0.768. The van der Waals surface area contributed by atoms with Crippen molar-refractivity contribution in [3.8, 4) is 0 Å². The highest BCUT2D eigenvalue weighted by Crippen LogP contribution is 2.25. The maximum Gasteiger partial charge on any atom is 0.276 e. The largest absolute Gasteiger partial charge is 0.394 e. The maximum absolute atomic E-state index is 11.4. The van der Waals surface area contributed by atoms with Gasteiger partial charge in [0, 0.05) is 0 Å². The number of aromatic amines is 1. The number of nitrogens with one attached hydrogen (secondary N) is 2. The number of hydrogen-bond acceptors (Lipinski definition) is 5. The lowest BCUT2D eigenvalue weighted by Gasteiger charge is -2.30. The zero-order valence-electron chi connectivity index (χ0n) is 10.6. The molecule has 6 heteroatoms. The number of nitrogens with zero attached hydrogens (tertiary/aromatic N) is 1. The lowest BCUT2D eigenvalue weighted by molar-refractivity contribution is 0.223. The Labute approximate surface area is 110 Å². The van der Waals surface area contributed by atoms with Gasteiger partial charge in [-0.25, -0.2) is 4.98 Å². The Hall–Kier alpha value is -2.34. The van der Waals surface area contributed by atoms with Gasteiger partial charge in [-0.2, -0.15) is 0 Å². The number of aliphatic hydroxyl groups is 1. The number of anilines is 2. The predicted molar refractivity (Wildman–Crippen MR) is 73.8 cm³/mol. The third kappa shape index (κ3) is 2.58. The number of aromatic nitrogens is 2. The van der Waals surface area contributed by atoms with Crippen LogP contribution in [0, 0.1) is 0 Å². The first-order valence-corrected chi connectivity index (χ1v) is 5.84. The van der Waals surface area contributed by atoms with Crippen LogP contribution in [0.5, 0.6) is 0 Å². The van der Waals surface area contributed by atoms with Crippen LogP contribution in [0.25, 0.3) is 0 Å². The molecule has 1 aromatic heterocycles. The third-order valence-electron chi connectivity index (χ3n) is 3.01. The van der Waals surface area contributed by atoms with Gasteiger partial charge >= 0.3 is 0 Å². The maximum atomic E-state index is 11.4. The zero-order valence-corrected chi connectivity index (χ0v) is 10.6. The number of H-pyrrole nitrogens is 1. The fourth-order valence-electron chi connectivity index (χ4n) is 1.78. The van der Waals surface area contributed by atoms with Crippen molar-refractivity contribution in [2.24, 2.45) is 0 Å². The van der Waals surface area contributed by atoms with Gasteiger partial charge < -0.3 is 21.1 Å². The third-order valence-corrected chi connectivity index (χ3v) is 3.01. The average molecular weight is 260 g/mol. The Bertz CT molecular complexity index is 612. The van der Waals surface area contributed by atoms with Crippen molar-refractivity contribution in [1.82, 2.24) is 9.97 Å². The molecule has 1 heterocycles.